The number of para-hydroxylation sites is 1. The monoisotopic (exact) mass is 286 g/mol. The summed E-state index contributed by atoms with van der Waals surface area (Å²) in [6.07, 6.45) is -0.115. The SMILES string of the molecule is Cc1cc(Oc2ccccc2)ccc1C(C)CC(O)CO. The minimum absolute atomic E-state index is 0.193. The fourth-order valence-corrected chi connectivity index (χ4v) is 2.50. The van der Waals surface area contributed by atoms with Gasteiger partial charge in [0, 0.05) is 0 Å². The molecule has 0 aliphatic rings. The van der Waals surface area contributed by atoms with E-state index in [4.69, 9.17) is 9.84 Å². The largest absolute Gasteiger partial charge is 0.457 e. The molecule has 0 amide bonds. The Morgan fingerprint density at radius 1 is 1.05 bits per heavy atom. The normalized spacial score (nSPS) is 13.7. The van der Waals surface area contributed by atoms with Crippen LogP contribution in [0.3, 0.4) is 0 Å². The van der Waals surface area contributed by atoms with Crippen LogP contribution in [-0.2, 0) is 0 Å². The van der Waals surface area contributed by atoms with Crippen LogP contribution >= 0.6 is 0 Å². The summed E-state index contributed by atoms with van der Waals surface area (Å²) >= 11 is 0. The van der Waals surface area contributed by atoms with E-state index in [2.05, 4.69) is 6.92 Å². The second kappa shape index (κ2) is 7.25. The second-order valence-electron chi connectivity index (χ2n) is 5.41. The molecule has 2 atom stereocenters. The van der Waals surface area contributed by atoms with Gasteiger partial charge in [-0.1, -0.05) is 31.2 Å². The third kappa shape index (κ3) is 4.31. The van der Waals surface area contributed by atoms with Crippen LogP contribution in [0.2, 0.25) is 0 Å². The van der Waals surface area contributed by atoms with Gasteiger partial charge in [-0.15, -0.1) is 0 Å². The quantitative estimate of drug-likeness (QED) is 0.852. The molecule has 21 heavy (non-hydrogen) atoms. The maximum atomic E-state index is 9.56. The Kier molecular flexibility index (Phi) is 5.37. The van der Waals surface area contributed by atoms with E-state index in [1.54, 1.807) is 0 Å². The zero-order valence-electron chi connectivity index (χ0n) is 12.5. The lowest BCUT2D eigenvalue weighted by atomic mass is 9.91. The summed E-state index contributed by atoms with van der Waals surface area (Å²) in [6.45, 7) is 3.90. The first kappa shape index (κ1) is 15.5. The topological polar surface area (TPSA) is 49.7 Å². The Morgan fingerprint density at radius 3 is 2.38 bits per heavy atom. The predicted molar refractivity (Wildman–Crippen MR) is 83.8 cm³/mol. The van der Waals surface area contributed by atoms with Gasteiger partial charge in [0.2, 0.25) is 0 Å². The molecule has 3 heteroatoms. The van der Waals surface area contributed by atoms with Crippen molar-refractivity contribution in [1.82, 2.24) is 0 Å². The number of aliphatic hydroxyl groups is 2. The highest BCUT2D eigenvalue weighted by Crippen LogP contribution is 2.29. The molecule has 0 radical (unpaired) electrons. The molecule has 0 aliphatic carbocycles. The highest BCUT2D eigenvalue weighted by atomic mass is 16.5. The van der Waals surface area contributed by atoms with E-state index in [0.717, 1.165) is 17.1 Å². The van der Waals surface area contributed by atoms with E-state index in [9.17, 15) is 5.11 Å². The maximum Gasteiger partial charge on any atom is 0.127 e. The van der Waals surface area contributed by atoms with Crippen LogP contribution in [0.5, 0.6) is 11.5 Å². The Morgan fingerprint density at radius 2 is 1.76 bits per heavy atom. The van der Waals surface area contributed by atoms with Crippen LogP contribution in [0.4, 0.5) is 0 Å². The van der Waals surface area contributed by atoms with Crippen LogP contribution in [0.25, 0.3) is 0 Å². The highest BCUT2D eigenvalue weighted by Gasteiger charge is 2.14. The number of hydrogen-bond donors (Lipinski definition) is 2. The van der Waals surface area contributed by atoms with E-state index < -0.39 is 6.10 Å². The van der Waals surface area contributed by atoms with Crippen molar-refractivity contribution in [3.63, 3.8) is 0 Å². The van der Waals surface area contributed by atoms with Crippen molar-refractivity contribution >= 4 is 0 Å². The van der Waals surface area contributed by atoms with E-state index in [0.29, 0.717) is 6.42 Å². The molecular formula is C18H22O3. The second-order valence-corrected chi connectivity index (χ2v) is 5.41. The van der Waals surface area contributed by atoms with E-state index in [-0.39, 0.29) is 12.5 Å². The summed E-state index contributed by atoms with van der Waals surface area (Å²) in [5, 5.41) is 18.5. The van der Waals surface area contributed by atoms with Gasteiger partial charge in [-0.25, -0.2) is 0 Å². The first-order valence-electron chi connectivity index (χ1n) is 7.22. The van der Waals surface area contributed by atoms with Crippen LogP contribution in [0.1, 0.15) is 30.4 Å². The molecule has 112 valence electrons. The van der Waals surface area contributed by atoms with Gasteiger partial charge in [0.05, 0.1) is 12.7 Å². The lowest BCUT2D eigenvalue weighted by molar-refractivity contribution is 0.0835. The Hall–Kier alpha value is -1.84. The number of hydrogen-bond acceptors (Lipinski definition) is 3. The van der Waals surface area contributed by atoms with Gasteiger partial charge in [0.15, 0.2) is 0 Å². The van der Waals surface area contributed by atoms with Gasteiger partial charge >= 0.3 is 0 Å². The van der Waals surface area contributed by atoms with Crippen molar-refractivity contribution in [2.24, 2.45) is 0 Å². The van der Waals surface area contributed by atoms with Crippen LogP contribution in [0, 0.1) is 6.92 Å². The van der Waals surface area contributed by atoms with E-state index in [1.807, 2.05) is 55.5 Å². The summed E-state index contributed by atoms with van der Waals surface area (Å²) in [7, 11) is 0. The molecule has 2 rings (SSSR count). The van der Waals surface area contributed by atoms with Gasteiger partial charge in [0.25, 0.3) is 0 Å². The molecule has 0 fully saturated rings. The van der Waals surface area contributed by atoms with Crippen molar-refractivity contribution in [3.05, 3.63) is 59.7 Å². The first-order chi connectivity index (χ1) is 10.1. The van der Waals surface area contributed by atoms with Crippen molar-refractivity contribution in [1.29, 1.82) is 0 Å². The fourth-order valence-electron chi connectivity index (χ4n) is 2.50. The summed E-state index contributed by atoms with van der Waals surface area (Å²) in [6, 6.07) is 15.6. The number of ether oxygens (including phenoxy) is 1. The molecule has 0 heterocycles. The summed E-state index contributed by atoms with van der Waals surface area (Å²) in [5.74, 6) is 1.81. The molecule has 2 aromatic rings. The molecule has 0 aromatic heterocycles. The average Bonchev–Trinajstić information content (AvgIpc) is 2.48. The number of aliphatic hydroxyl groups excluding tert-OH is 2. The van der Waals surface area contributed by atoms with Gasteiger partial charge in [-0.2, -0.15) is 0 Å². The van der Waals surface area contributed by atoms with E-state index >= 15 is 0 Å². The summed E-state index contributed by atoms with van der Waals surface area (Å²) in [4.78, 5) is 0. The van der Waals surface area contributed by atoms with Gasteiger partial charge in [0.1, 0.15) is 11.5 Å². The van der Waals surface area contributed by atoms with Gasteiger partial charge in [-0.05, 0) is 54.7 Å². The Bertz CT molecular complexity index is 566. The zero-order valence-corrected chi connectivity index (χ0v) is 12.5. The lowest BCUT2D eigenvalue weighted by Gasteiger charge is -2.18. The van der Waals surface area contributed by atoms with Crippen molar-refractivity contribution in [3.8, 4) is 11.5 Å². The molecule has 2 aromatic carbocycles. The Balaban J connectivity index is 2.10. The average molecular weight is 286 g/mol. The molecule has 0 bridgehead atoms. The molecule has 2 N–H and O–H groups in total. The van der Waals surface area contributed by atoms with Crippen LogP contribution < -0.4 is 4.74 Å². The van der Waals surface area contributed by atoms with E-state index in [1.165, 1.54) is 5.56 Å². The summed E-state index contributed by atoms with van der Waals surface area (Å²) < 4.78 is 5.81. The smallest absolute Gasteiger partial charge is 0.127 e. The minimum Gasteiger partial charge on any atom is -0.457 e. The zero-order chi connectivity index (χ0) is 15.2. The molecule has 0 saturated carbocycles. The van der Waals surface area contributed by atoms with Gasteiger partial charge < -0.3 is 14.9 Å². The van der Waals surface area contributed by atoms with Crippen LogP contribution in [-0.4, -0.2) is 22.9 Å². The number of rotatable bonds is 6. The standard InChI is InChI=1S/C18H22O3/c1-13(10-15(20)12-19)18-9-8-17(11-14(18)2)21-16-6-4-3-5-7-16/h3-9,11,13,15,19-20H,10,12H2,1-2H3. The lowest BCUT2D eigenvalue weighted by Crippen LogP contribution is -2.15. The molecule has 0 aliphatic heterocycles. The van der Waals surface area contributed by atoms with Crippen molar-refractivity contribution < 1.29 is 14.9 Å². The number of aryl methyl sites for hydroxylation is 1. The van der Waals surface area contributed by atoms with Crippen molar-refractivity contribution in [2.75, 3.05) is 6.61 Å². The highest BCUT2D eigenvalue weighted by molar-refractivity contribution is 5.39. The Labute approximate surface area is 125 Å². The van der Waals surface area contributed by atoms with Crippen molar-refractivity contribution in [2.45, 2.75) is 32.3 Å². The molecular weight excluding hydrogens is 264 g/mol. The molecule has 0 spiro atoms. The maximum absolute atomic E-state index is 9.56. The van der Waals surface area contributed by atoms with Gasteiger partial charge in [-0.3, -0.25) is 0 Å². The fraction of sp³-hybridized carbons (Fsp3) is 0.333. The first-order valence-corrected chi connectivity index (χ1v) is 7.22. The molecule has 2 unspecified atom stereocenters. The third-order valence-electron chi connectivity index (χ3n) is 3.59. The van der Waals surface area contributed by atoms with Crippen LogP contribution in [0.15, 0.2) is 48.5 Å². The molecule has 0 saturated heterocycles. The summed E-state index contributed by atoms with van der Waals surface area (Å²) in [5.41, 5.74) is 2.30. The molecule has 3 nitrogen and oxygen atoms in total. The minimum atomic E-state index is -0.667. The third-order valence-corrected chi connectivity index (χ3v) is 3.59. The predicted octanol–water partition coefficient (Wildman–Crippen LogP) is 3.63. The number of benzene rings is 2.